The van der Waals surface area contributed by atoms with Gasteiger partial charge in [-0.2, -0.15) is 0 Å². The number of phenolic OH excluding ortho intramolecular Hbond substituents is 1. The zero-order valence-corrected chi connectivity index (χ0v) is 10.1. The fourth-order valence-electron chi connectivity index (χ4n) is 1.91. The monoisotopic (exact) mass is 235 g/mol. The maximum atomic E-state index is 12.0. The van der Waals surface area contributed by atoms with Gasteiger partial charge in [0.1, 0.15) is 11.4 Å². The van der Waals surface area contributed by atoms with Crippen LogP contribution in [-0.2, 0) is 9.53 Å². The molecule has 1 aliphatic rings. The summed E-state index contributed by atoms with van der Waals surface area (Å²) in [7, 11) is 0. The Hall–Kier alpha value is -1.55. The van der Waals surface area contributed by atoms with Crippen molar-refractivity contribution >= 4 is 11.6 Å². The number of anilines is 1. The molecule has 1 aromatic carbocycles. The molecule has 1 saturated heterocycles. The van der Waals surface area contributed by atoms with Crippen molar-refractivity contribution in [2.24, 2.45) is 0 Å². The Morgan fingerprint density at radius 1 is 1.53 bits per heavy atom. The van der Waals surface area contributed by atoms with Crippen LogP contribution in [0.1, 0.15) is 25.3 Å². The van der Waals surface area contributed by atoms with Gasteiger partial charge in [0.2, 0.25) is 0 Å². The largest absolute Gasteiger partial charge is 0.508 e. The molecule has 92 valence electrons. The molecule has 1 amide bonds. The third kappa shape index (κ3) is 2.42. The second-order valence-electron chi connectivity index (χ2n) is 4.64. The first-order valence-corrected chi connectivity index (χ1v) is 5.76. The Morgan fingerprint density at radius 2 is 2.29 bits per heavy atom. The van der Waals surface area contributed by atoms with Crippen LogP contribution in [0, 0.1) is 6.92 Å². The Balaban J connectivity index is 2.10. The van der Waals surface area contributed by atoms with Gasteiger partial charge in [0.05, 0.1) is 0 Å². The number of hydrogen-bond donors (Lipinski definition) is 2. The summed E-state index contributed by atoms with van der Waals surface area (Å²) >= 11 is 0. The molecule has 2 N–H and O–H groups in total. The summed E-state index contributed by atoms with van der Waals surface area (Å²) in [5.74, 6) is 0.0264. The van der Waals surface area contributed by atoms with E-state index in [0.29, 0.717) is 12.3 Å². The summed E-state index contributed by atoms with van der Waals surface area (Å²) in [6.45, 7) is 4.23. The molecule has 0 spiro atoms. The number of carbonyl (C=O) groups excluding carboxylic acids is 1. The number of aromatic hydroxyl groups is 1. The van der Waals surface area contributed by atoms with E-state index in [1.54, 1.807) is 25.1 Å². The van der Waals surface area contributed by atoms with Crippen LogP contribution in [0.5, 0.6) is 5.75 Å². The van der Waals surface area contributed by atoms with E-state index in [2.05, 4.69) is 5.32 Å². The summed E-state index contributed by atoms with van der Waals surface area (Å²) in [4.78, 5) is 12.0. The molecule has 1 unspecified atom stereocenters. The highest BCUT2D eigenvalue weighted by atomic mass is 16.5. The first kappa shape index (κ1) is 11.9. The van der Waals surface area contributed by atoms with Gasteiger partial charge in [0.25, 0.3) is 5.91 Å². The topological polar surface area (TPSA) is 58.6 Å². The van der Waals surface area contributed by atoms with Gasteiger partial charge >= 0.3 is 0 Å². The first-order chi connectivity index (χ1) is 8.01. The lowest BCUT2D eigenvalue weighted by molar-refractivity contribution is -0.133. The molecule has 0 aromatic heterocycles. The van der Waals surface area contributed by atoms with Crippen molar-refractivity contribution in [2.75, 3.05) is 11.9 Å². The highest BCUT2D eigenvalue weighted by Gasteiger charge is 2.37. The van der Waals surface area contributed by atoms with Gasteiger partial charge in [0, 0.05) is 18.4 Å². The smallest absolute Gasteiger partial charge is 0.256 e. The molecular weight excluding hydrogens is 218 g/mol. The predicted octanol–water partition coefficient (Wildman–Crippen LogP) is 2.21. The third-order valence-corrected chi connectivity index (χ3v) is 3.17. The van der Waals surface area contributed by atoms with E-state index in [1.807, 2.05) is 6.92 Å². The Morgan fingerprint density at radius 3 is 2.88 bits per heavy atom. The quantitative estimate of drug-likeness (QED) is 0.826. The van der Waals surface area contributed by atoms with Crippen LogP contribution in [-0.4, -0.2) is 23.2 Å². The average Bonchev–Trinajstić information content (AvgIpc) is 2.72. The fourth-order valence-corrected chi connectivity index (χ4v) is 1.91. The first-order valence-electron chi connectivity index (χ1n) is 5.76. The normalized spacial score (nSPS) is 23.6. The van der Waals surface area contributed by atoms with Crippen molar-refractivity contribution in [3.63, 3.8) is 0 Å². The number of amides is 1. The lowest BCUT2D eigenvalue weighted by Crippen LogP contribution is -2.39. The predicted molar refractivity (Wildman–Crippen MR) is 65.1 cm³/mol. The van der Waals surface area contributed by atoms with Crippen molar-refractivity contribution in [2.45, 2.75) is 32.3 Å². The minimum absolute atomic E-state index is 0.154. The van der Waals surface area contributed by atoms with E-state index in [9.17, 15) is 9.90 Å². The lowest BCUT2D eigenvalue weighted by Gasteiger charge is -2.22. The number of benzene rings is 1. The highest BCUT2D eigenvalue weighted by molar-refractivity contribution is 5.97. The SMILES string of the molecule is Cc1ccc(NC(=O)C2(C)CCCO2)cc1O. The number of phenols is 1. The molecule has 0 bridgehead atoms. The van der Waals surface area contributed by atoms with Crippen molar-refractivity contribution in [1.29, 1.82) is 0 Å². The minimum atomic E-state index is -0.736. The van der Waals surface area contributed by atoms with Gasteiger partial charge < -0.3 is 15.2 Å². The molecule has 0 saturated carbocycles. The Kier molecular flexibility index (Phi) is 3.07. The van der Waals surface area contributed by atoms with Crippen LogP contribution in [0.3, 0.4) is 0 Å². The maximum absolute atomic E-state index is 12.0. The second-order valence-corrected chi connectivity index (χ2v) is 4.64. The summed E-state index contributed by atoms with van der Waals surface area (Å²) < 4.78 is 5.45. The van der Waals surface area contributed by atoms with E-state index in [4.69, 9.17) is 4.74 Å². The van der Waals surface area contributed by atoms with Crippen molar-refractivity contribution < 1.29 is 14.6 Å². The van der Waals surface area contributed by atoms with Gasteiger partial charge in [-0.05, 0) is 38.3 Å². The lowest BCUT2D eigenvalue weighted by atomic mass is 10.0. The van der Waals surface area contributed by atoms with Crippen molar-refractivity contribution in [3.05, 3.63) is 23.8 Å². The number of ether oxygens (including phenoxy) is 1. The zero-order valence-electron chi connectivity index (χ0n) is 10.1. The zero-order chi connectivity index (χ0) is 12.5. The van der Waals surface area contributed by atoms with E-state index < -0.39 is 5.60 Å². The molecule has 4 heteroatoms. The highest BCUT2D eigenvalue weighted by Crippen LogP contribution is 2.27. The summed E-state index contributed by atoms with van der Waals surface area (Å²) in [6, 6.07) is 5.08. The average molecular weight is 235 g/mol. The van der Waals surface area contributed by atoms with Gasteiger partial charge in [-0.3, -0.25) is 4.79 Å². The standard InChI is InChI=1S/C13H17NO3/c1-9-4-5-10(8-11(9)15)14-12(16)13(2)6-3-7-17-13/h4-5,8,15H,3,6-7H2,1-2H3,(H,14,16). The van der Waals surface area contributed by atoms with Crippen LogP contribution in [0.15, 0.2) is 18.2 Å². The van der Waals surface area contributed by atoms with Crippen LogP contribution in [0.4, 0.5) is 5.69 Å². The van der Waals surface area contributed by atoms with Gasteiger partial charge in [0.15, 0.2) is 0 Å². The molecule has 1 aliphatic heterocycles. The third-order valence-electron chi connectivity index (χ3n) is 3.17. The molecule has 0 aliphatic carbocycles. The van der Waals surface area contributed by atoms with Gasteiger partial charge in [-0.25, -0.2) is 0 Å². The summed E-state index contributed by atoms with van der Waals surface area (Å²) in [5.41, 5.74) is 0.640. The molecular formula is C13H17NO3. The number of aryl methyl sites for hydroxylation is 1. The Bertz CT molecular complexity index is 436. The molecule has 1 atom stereocenters. The molecule has 1 fully saturated rings. The van der Waals surface area contributed by atoms with Crippen molar-refractivity contribution in [3.8, 4) is 5.75 Å². The summed E-state index contributed by atoms with van der Waals surface area (Å²) in [6.07, 6.45) is 1.64. The van der Waals surface area contributed by atoms with E-state index in [-0.39, 0.29) is 11.7 Å². The van der Waals surface area contributed by atoms with E-state index in [0.717, 1.165) is 18.4 Å². The Labute approximate surface area is 101 Å². The van der Waals surface area contributed by atoms with E-state index in [1.165, 1.54) is 0 Å². The number of nitrogens with one attached hydrogen (secondary N) is 1. The van der Waals surface area contributed by atoms with E-state index >= 15 is 0 Å². The molecule has 1 heterocycles. The van der Waals surface area contributed by atoms with Crippen LogP contribution >= 0.6 is 0 Å². The molecule has 1 aromatic rings. The van der Waals surface area contributed by atoms with Gasteiger partial charge in [-0.1, -0.05) is 6.07 Å². The van der Waals surface area contributed by atoms with Gasteiger partial charge in [-0.15, -0.1) is 0 Å². The molecule has 4 nitrogen and oxygen atoms in total. The van der Waals surface area contributed by atoms with Crippen LogP contribution < -0.4 is 5.32 Å². The summed E-state index contributed by atoms with van der Waals surface area (Å²) in [5, 5.41) is 12.3. The molecule has 0 radical (unpaired) electrons. The minimum Gasteiger partial charge on any atom is -0.508 e. The maximum Gasteiger partial charge on any atom is 0.256 e. The van der Waals surface area contributed by atoms with Crippen LogP contribution in [0.25, 0.3) is 0 Å². The number of carbonyl (C=O) groups is 1. The molecule has 17 heavy (non-hydrogen) atoms. The number of rotatable bonds is 2. The second kappa shape index (κ2) is 4.37. The van der Waals surface area contributed by atoms with Crippen LogP contribution in [0.2, 0.25) is 0 Å². The fraction of sp³-hybridized carbons (Fsp3) is 0.462. The number of hydrogen-bond acceptors (Lipinski definition) is 3. The van der Waals surface area contributed by atoms with Crippen molar-refractivity contribution in [1.82, 2.24) is 0 Å². The molecule has 2 rings (SSSR count).